The first-order valence-electron chi connectivity index (χ1n) is 8.69. The second kappa shape index (κ2) is 8.77. The number of benzene rings is 3. The van der Waals surface area contributed by atoms with Crippen LogP contribution in [0.4, 0.5) is 23.2 Å². The zero-order chi connectivity index (χ0) is 21.7. The molecule has 0 aliphatic carbocycles. The van der Waals surface area contributed by atoms with E-state index in [2.05, 4.69) is 4.99 Å². The van der Waals surface area contributed by atoms with E-state index >= 15 is 0 Å². The van der Waals surface area contributed by atoms with Crippen LogP contribution in [0.3, 0.4) is 0 Å². The maximum absolute atomic E-state index is 14.0. The van der Waals surface area contributed by atoms with E-state index in [4.69, 9.17) is 9.84 Å². The summed E-state index contributed by atoms with van der Waals surface area (Å²) in [6.07, 6.45) is -3.09. The van der Waals surface area contributed by atoms with Gasteiger partial charge in [0.25, 0.3) is 0 Å². The lowest BCUT2D eigenvalue weighted by atomic mass is 9.98. The molecular weight excluding hydrogens is 402 g/mol. The Morgan fingerprint density at radius 1 is 1.03 bits per heavy atom. The molecule has 3 aromatic carbocycles. The molecule has 0 heterocycles. The van der Waals surface area contributed by atoms with Crippen molar-refractivity contribution in [2.45, 2.75) is 6.18 Å². The maximum atomic E-state index is 14.0. The van der Waals surface area contributed by atoms with E-state index in [-0.39, 0.29) is 17.0 Å². The van der Waals surface area contributed by atoms with Crippen LogP contribution in [0.15, 0.2) is 71.7 Å². The molecule has 0 saturated heterocycles. The van der Waals surface area contributed by atoms with Crippen molar-refractivity contribution in [1.82, 2.24) is 0 Å². The van der Waals surface area contributed by atoms with Gasteiger partial charge in [-0.25, -0.2) is 9.18 Å². The topological polar surface area (TPSA) is 58.9 Å². The summed E-state index contributed by atoms with van der Waals surface area (Å²) in [7, 11) is 0. The highest BCUT2D eigenvalue weighted by atomic mass is 19.4. The van der Waals surface area contributed by atoms with Gasteiger partial charge in [0.05, 0.1) is 11.3 Å². The quantitative estimate of drug-likeness (QED) is 0.412. The molecule has 30 heavy (non-hydrogen) atoms. The normalized spacial score (nSPS) is 11.6. The summed E-state index contributed by atoms with van der Waals surface area (Å²) < 4.78 is 58.6. The van der Waals surface area contributed by atoms with Gasteiger partial charge < -0.3 is 9.84 Å². The Morgan fingerprint density at radius 3 is 2.50 bits per heavy atom. The molecule has 0 aromatic heterocycles. The lowest BCUT2D eigenvalue weighted by molar-refractivity contribution is -0.139. The molecule has 3 rings (SSSR count). The van der Waals surface area contributed by atoms with Gasteiger partial charge in [0.15, 0.2) is 18.2 Å². The van der Waals surface area contributed by atoms with Gasteiger partial charge in [-0.3, -0.25) is 4.99 Å². The molecule has 0 atom stereocenters. The molecule has 0 spiro atoms. The van der Waals surface area contributed by atoms with Gasteiger partial charge in [-0.05, 0) is 41.0 Å². The Bertz CT molecular complexity index is 1090. The first-order valence-corrected chi connectivity index (χ1v) is 8.69. The molecule has 0 fully saturated rings. The number of halogens is 4. The highest BCUT2D eigenvalue weighted by molar-refractivity contribution is 5.85. The number of hydrogen-bond donors (Lipinski definition) is 1. The SMILES string of the molecule is O=C(O)COc1ccc(N=Cc2cccc(-c3ccccc3C(F)(F)F)c2)cc1F. The number of alkyl halides is 3. The van der Waals surface area contributed by atoms with Gasteiger partial charge in [0.2, 0.25) is 0 Å². The minimum atomic E-state index is -4.48. The average Bonchev–Trinajstić information content (AvgIpc) is 2.71. The predicted molar refractivity (Wildman–Crippen MR) is 104 cm³/mol. The number of aliphatic carboxylic acids is 1. The Balaban J connectivity index is 1.84. The predicted octanol–water partition coefficient (Wildman–Crippen LogP) is 5.73. The van der Waals surface area contributed by atoms with E-state index in [1.54, 1.807) is 24.3 Å². The molecule has 0 saturated carbocycles. The number of hydrogen-bond acceptors (Lipinski definition) is 3. The number of aliphatic imine (C=N–C) groups is 1. The summed E-state index contributed by atoms with van der Waals surface area (Å²) >= 11 is 0. The lowest BCUT2D eigenvalue weighted by Crippen LogP contribution is -2.10. The number of carboxylic acids is 1. The minimum Gasteiger partial charge on any atom is -0.479 e. The van der Waals surface area contributed by atoms with Crippen molar-refractivity contribution in [2.24, 2.45) is 4.99 Å². The van der Waals surface area contributed by atoms with Gasteiger partial charge in [-0.2, -0.15) is 13.2 Å². The van der Waals surface area contributed by atoms with E-state index < -0.39 is 30.1 Å². The van der Waals surface area contributed by atoms with Crippen LogP contribution in [0.2, 0.25) is 0 Å². The number of carboxylic acid groups (broad SMARTS) is 1. The van der Waals surface area contributed by atoms with Gasteiger partial charge in [0.1, 0.15) is 0 Å². The second-order valence-electron chi connectivity index (χ2n) is 6.22. The van der Waals surface area contributed by atoms with Gasteiger partial charge in [-0.1, -0.05) is 36.4 Å². The van der Waals surface area contributed by atoms with Crippen molar-refractivity contribution < 1.29 is 32.2 Å². The van der Waals surface area contributed by atoms with E-state index in [1.165, 1.54) is 36.5 Å². The standard InChI is InChI=1S/C22H15F4NO3/c23-19-11-16(8-9-20(19)30-13-21(28)29)27-12-14-4-3-5-15(10-14)17-6-1-2-7-18(17)22(24,25)26/h1-12H,13H2,(H,28,29). The van der Waals surface area contributed by atoms with Crippen LogP contribution >= 0.6 is 0 Å². The molecule has 8 heteroatoms. The third-order valence-electron chi connectivity index (χ3n) is 4.06. The number of ether oxygens (including phenoxy) is 1. The van der Waals surface area contributed by atoms with Crippen LogP contribution in [-0.4, -0.2) is 23.9 Å². The molecule has 3 aromatic rings. The zero-order valence-corrected chi connectivity index (χ0v) is 15.4. The largest absolute Gasteiger partial charge is 0.479 e. The zero-order valence-electron chi connectivity index (χ0n) is 15.4. The molecule has 0 unspecified atom stereocenters. The van der Waals surface area contributed by atoms with E-state index in [0.29, 0.717) is 11.1 Å². The molecule has 0 aliphatic heterocycles. The summed E-state index contributed by atoms with van der Waals surface area (Å²) in [5.41, 5.74) is 0.437. The summed E-state index contributed by atoms with van der Waals surface area (Å²) in [4.78, 5) is 14.6. The van der Waals surface area contributed by atoms with Crippen molar-refractivity contribution in [3.05, 3.63) is 83.7 Å². The molecule has 0 aliphatic rings. The first kappa shape index (κ1) is 21.0. The van der Waals surface area contributed by atoms with Crippen molar-refractivity contribution >= 4 is 17.9 Å². The molecule has 1 N–H and O–H groups in total. The van der Waals surface area contributed by atoms with Crippen LogP contribution in [-0.2, 0) is 11.0 Å². The van der Waals surface area contributed by atoms with Crippen LogP contribution in [0.25, 0.3) is 11.1 Å². The fraction of sp³-hybridized carbons (Fsp3) is 0.0909. The number of carbonyl (C=O) groups is 1. The van der Waals surface area contributed by atoms with E-state index in [0.717, 1.165) is 12.1 Å². The Hall–Kier alpha value is -3.68. The fourth-order valence-electron chi connectivity index (χ4n) is 2.74. The third kappa shape index (κ3) is 5.22. The molecule has 0 radical (unpaired) electrons. The third-order valence-corrected chi connectivity index (χ3v) is 4.06. The summed E-state index contributed by atoms with van der Waals surface area (Å²) in [6.45, 7) is -0.675. The highest BCUT2D eigenvalue weighted by Gasteiger charge is 2.33. The summed E-state index contributed by atoms with van der Waals surface area (Å²) in [5, 5.41) is 8.56. The molecular formula is C22H15F4NO3. The minimum absolute atomic E-state index is 0.0474. The maximum Gasteiger partial charge on any atom is 0.417 e. The van der Waals surface area contributed by atoms with Crippen LogP contribution in [0.5, 0.6) is 5.75 Å². The van der Waals surface area contributed by atoms with Crippen LogP contribution < -0.4 is 4.74 Å². The number of nitrogens with zero attached hydrogens (tertiary/aromatic N) is 1. The smallest absolute Gasteiger partial charge is 0.417 e. The van der Waals surface area contributed by atoms with Crippen LogP contribution in [0.1, 0.15) is 11.1 Å². The van der Waals surface area contributed by atoms with Gasteiger partial charge >= 0.3 is 12.1 Å². The van der Waals surface area contributed by atoms with Crippen molar-refractivity contribution in [2.75, 3.05) is 6.61 Å². The summed E-state index contributed by atoms with van der Waals surface area (Å²) in [5.74, 6) is -2.23. The van der Waals surface area contributed by atoms with E-state index in [1.807, 2.05) is 0 Å². The summed E-state index contributed by atoms with van der Waals surface area (Å²) in [6, 6.07) is 15.4. The van der Waals surface area contributed by atoms with E-state index in [9.17, 15) is 22.4 Å². The van der Waals surface area contributed by atoms with Crippen LogP contribution in [0, 0.1) is 5.82 Å². The monoisotopic (exact) mass is 417 g/mol. The Labute approximate surface area is 169 Å². The Morgan fingerprint density at radius 2 is 1.80 bits per heavy atom. The molecule has 0 bridgehead atoms. The number of rotatable bonds is 6. The van der Waals surface area contributed by atoms with Crippen molar-refractivity contribution in [1.29, 1.82) is 0 Å². The van der Waals surface area contributed by atoms with Gasteiger partial charge in [0, 0.05) is 12.3 Å². The van der Waals surface area contributed by atoms with Crippen molar-refractivity contribution in [3.63, 3.8) is 0 Å². The fourth-order valence-corrected chi connectivity index (χ4v) is 2.74. The average molecular weight is 417 g/mol. The molecule has 0 amide bonds. The molecule has 4 nitrogen and oxygen atoms in total. The Kier molecular flexibility index (Phi) is 6.15. The second-order valence-corrected chi connectivity index (χ2v) is 6.22. The highest BCUT2D eigenvalue weighted by Crippen LogP contribution is 2.37. The lowest BCUT2D eigenvalue weighted by Gasteiger charge is -2.13. The van der Waals surface area contributed by atoms with Crippen molar-refractivity contribution in [3.8, 4) is 16.9 Å². The first-order chi connectivity index (χ1) is 14.2. The molecule has 154 valence electrons. The van der Waals surface area contributed by atoms with Gasteiger partial charge in [-0.15, -0.1) is 0 Å².